The number of unbranched alkanes of at least 4 members (excludes halogenated alkanes) is 5. The minimum absolute atomic E-state index is 0.101. The van der Waals surface area contributed by atoms with Crippen LogP contribution in [0.5, 0.6) is 23.5 Å². The van der Waals surface area contributed by atoms with Gasteiger partial charge in [-0.15, -0.1) is 0 Å². The topological polar surface area (TPSA) is 161 Å². The molecule has 2 aromatic rings. The van der Waals surface area contributed by atoms with E-state index in [1.807, 2.05) is 0 Å². The molecule has 0 spiro atoms. The molecule has 0 radical (unpaired) electrons. The zero-order chi connectivity index (χ0) is 25.2. The molecule has 4 bridgehead atoms. The monoisotopic (exact) mass is 502 g/mol. The number of ether oxygens (including phenoxy) is 2. The Morgan fingerprint density at radius 1 is 0.639 bits per heavy atom. The third kappa shape index (κ3) is 3.17. The highest BCUT2D eigenvalue weighted by Crippen LogP contribution is 2.62. The molecular weight excluding hydrogens is 464 g/mol. The molecule has 6 rings (SSSR count). The normalized spacial score (nSPS) is 29.4. The van der Waals surface area contributed by atoms with Crippen LogP contribution in [0.1, 0.15) is 98.7 Å². The zero-order valence-corrected chi connectivity index (χ0v) is 20.7. The van der Waals surface area contributed by atoms with E-state index in [9.17, 15) is 20.4 Å². The first-order valence-corrected chi connectivity index (χ1v) is 13.4. The number of nitrogens with two attached hydrogens (primary N) is 2. The van der Waals surface area contributed by atoms with Crippen molar-refractivity contribution in [1.82, 2.24) is 9.13 Å². The van der Waals surface area contributed by atoms with Crippen LogP contribution in [0.3, 0.4) is 0 Å². The van der Waals surface area contributed by atoms with Crippen LogP contribution in [-0.4, -0.2) is 42.6 Å². The predicted molar refractivity (Wildman–Crippen MR) is 131 cm³/mol. The summed E-state index contributed by atoms with van der Waals surface area (Å²) in [6, 6.07) is 0. The predicted octanol–water partition coefficient (Wildman–Crippen LogP) is 3.19. The second-order valence-corrected chi connectivity index (χ2v) is 11.0. The molecule has 0 aromatic carbocycles. The van der Waals surface area contributed by atoms with E-state index in [-0.39, 0.29) is 35.7 Å². The van der Waals surface area contributed by atoms with Gasteiger partial charge >= 0.3 is 0 Å². The number of aromatic nitrogens is 2. The van der Waals surface area contributed by atoms with Gasteiger partial charge in [0, 0.05) is 26.2 Å². The van der Waals surface area contributed by atoms with Crippen molar-refractivity contribution in [2.75, 3.05) is 13.1 Å². The zero-order valence-electron chi connectivity index (χ0n) is 20.7. The van der Waals surface area contributed by atoms with Crippen molar-refractivity contribution in [3.63, 3.8) is 0 Å². The summed E-state index contributed by atoms with van der Waals surface area (Å²) in [7, 11) is 0. The van der Waals surface area contributed by atoms with Gasteiger partial charge in [0.25, 0.3) is 0 Å². The van der Waals surface area contributed by atoms with Crippen molar-refractivity contribution >= 4 is 0 Å². The number of rotatable bonds is 11. The van der Waals surface area contributed by atoms with Crippen molar-refractivity contribution < 1.29 is 29.9 Å². The molecule has 10 nitrogen and oxygen atoms in total. The van der Waals surface area contributed by atoms with Gasteiger partial charge in [0.15, 0.2) is 11.8 Å². The van der Waals surface area contributed by atoms with Gasteiger partial charge in [-0.05, 0) is 38.5 Å². The Morgan fingerprint density at radius 3 is 1.42 bits per heavy atom. The maximum absolute atomic E-state index is 10.8. The second-order valence-electron chi connectivity index (χ2n) is 11.0. The van der Waals surface area contributed by atoms with Crippen molar-refractivity contribution in [2.24, 2.45) is 11.5 Å². The van der Waals surface area contributed by atoms with Gasteiger partial charge in [-0.25, -0.2) is 0 Å². The summed E-state index contributed by atoms with van der Waals surface area (Å²) in [5.74, 6) is 0.444. The van der Waals surface area contributed by atoms with E-state index in [1.165, 1.54) is 0 Å². The van der Waals surface area contributed by atoms with Crippen molar-refractivity contribution in [3.8, 4) is 23.5 Å². The van der Waals surface area contributed by atoms with Crippen molar-refractivity contribution in [2.45, 2.75) is 101 Å². The minimum atomic E-state index is -0.646. The molecule has 6 heterocycles. The largest absolute Gasteiger partial charge is 0.494 e. The molecule has 4 aliphatic rings. The molecule has 4 aliphatic heterocycles. The Bertz CT molecular complexity index is 1080. The number of nitrogens with zero attached hydrogens (tertiary/aromatic N) is 2. The summed E-state index contributed by atoms with van der Waals surface area (Å²) in [4.78, 5) is 0. The maximum atomic E-state index is 10.8. The van der Waals surface area contributed by atoms with Gasteiger partial charge in [0.1, 0.15) is 11.2 Å². The lowest BCUT2D eigenvalue weighted by Gasteiger charge is -2.23. The molecule has 10 heteroatoms. The third-order valence-electron chi connectivity index (χ3n) is 9.07. The summed E-state index contributed by atoms with van der Waals surface area (Å²) in [5.41, 5.74) is 13.5. The minimum Gasteiger partial charge on any atom is -0.494 e. The Kier molecular flexibility index (Phi) is 5.71. The first-order valence-electron chi connectivity index (χ1n) is 13.4. The second kappa shape index (κ2) is 8.58. The number of fused-ring (bicyclic) bond motifs is 10. The summed E-state index contributed by atoms with van der Waals surface area (Å²) in [5, 5.41) is 43.0. The van der Waals surface area contributed by atoms with Crippen molar-refractivity contribution in [3.05, 3.63) is 22.3 Å². The maximum Gasteiger partial charge on any atom is 0.200 e. The van der Waals surface area contributed by atoms with E-state index >= 15 is 0 Å². The summed E-state index contributed by atoms with van der Waals surface area (Å²) in [6.07, 6.45) is 8.61. The van der Waals surface area contributed by atoms with E-state index in [1.54, 1.807) is 9.13 Å². The average molecular weight is 503 g/mol. The first-order chi connectivity index (χ1) is 17.4. The number of hydrogen-bond donors (Lipinski definition) is 6. The summed E-state index contributed by atoms with van der Waals surface area (Å²) < 4.78 is 15.2. The molecule has 0 amide bonds. The van der Waals surface area contributed by atoms with E-state index in [2.05, 4.69) is 0 Å². The molecule has 2 saturated heterocycles. The smallest absolute Gasteiger partial charge is 0.200 e. The molecular formula is C26H38N4O6. The molecule has 0 saturated carbocycles. The van der Waals surface area contributed by atoms with Gasteiger partial charge in [-0.3, -0.25) is 9.13 Å². The van der Waals surface area contributed by atoms with E-state index < -0.39 is 11.2 Å². The van der Waals surface area contributed by atoms with Crippen LogP contribution in [0.25, 0.3) is 0 Å². The van der Waals surface area contributed by atoms with Crippen LogP contribution in [0.4, 0.5) is 0 Å². The van der Waals surface area contributed by atoms with Gasteiger partial charge < -0.3 is 41.4 Å². The molecule has 0 aliphatic carbocycles. The van der Waals surface area contributed by atoms with E-state index in [4.69, 9.17) is 20.9 Å². The summed E-state index contributed by atoms with van der Waals surface area (Å²) in [6.45, 7) is 1.72. The number of hydrogen-bond acceptors (Lipinski definition) is 8. The average Bonchev–Trinajstić information content (AvgIpc) is 3.70. The van der Waals surface area contributed by atoms with Gasteiger partial charge in [0.05, 0.1) is 34.5 Å². The highest BCUT2D eigenvalue weighted by Gasteiger charge is 2.56. The lowest BCUT2D eigenvalue weighted by molar-refractivity contribution is -0.0175. The quantitative estimate of drug-likeness (QED) is 0.255. The van der Waals surface area contributed by atoms with Crippen LogP contribution < -0.4 is 11.5 Å². The Morgan fingerprint density at radius 2 is 1.03 bits per heavy atom. The molecule has 2 fully saturated rings. The molecule has 198 valence electrons. The van der Waals surface area contributed by atoms with Crippen LogP contribution >= 0.6 is 0 Å². The lowest BCUT2D eigenvalue weighted by atomic mass is 9.84. The van der Waals surface area contributed by atoms with Crippen LogP contribution in [-0.2, 0) is 33.8 Å². The SMILES string of the molecule is NCC12CCC(O1)c1c2c(O)n(CCCCCCCCn2c(O)c3c(c2O)C2(CN)CCC3O2)c1O. The van der Waals surface area contributed by atoms with Gasteiger partial charge in [-0.2, -0.15) is 0 Å². The molecule has 2 aromatic heterocycles. The van der Waals surface area contributed by atoms with Crippen LogP contribution in [0.2, 0.25) is 0 Å². The van der Waals surface area contributed by atoms with Gasteiger partial charge in [0.2, 0.25) is 11.8 Å². The van der Waals surface area contributed by atoms with Crippen LogP contribution in [0, 0.1) is 0 Å². The number of aromatic hydroxyl groups is 4. The van der Waals surface area contributed by atoms with Crippen LogP contribution in [0.15, 0.2) is 0 Å². The molecule has 4 atom stereocenters. The molecule has 8 N–H and O–H groups in total. The fourth-order valence-electron chi connectivity index (χ4n) is 7.19. The molecule has 36 heavy (non-hydrogen) atoms. The Labute approximate surface area is 210 Å². The third-order valence-corrected chi connectivity index (χ3v) is 9.07. The Hall–Kier alpha value is -2.40. The highest BCUT2D eigenvalue weighted by atomic mass is 16.5. The summed E-state index contributed by atoms with van der Waals surface area (Å²) >= 11 is 0. The fraction of sp³-hybridized carbons (Fsp3) is 0.692. The lowest BCUT2D eigenvalue weighted by Crippen LogP contribution is -2.32. The molecule has 4 unspecified atom stereocenters. The Balaban J connectivity index is 0.972. The fourth-order valence-corrected chi connectivity index (χ4v) is 7.19. The van der Waals surface area contributed by atoms with Gasteiger partial charge in [-0.1, -0.05) is 25.7 Å². The van der Waals surface area contributed by atoms with E-state index in [0.29, 0.717) is 37.3 Å². The van der Waals surface area contributed by atoms with E-state index in [0.717, 1.165) is 75.3 Å². The first kappa shape index (κ1) is 24.0. The standard InChI is InChI=1S/C26H38N4O6/c27-13-25-9-7-15(35-25)17-19(25)23(33)29(21(17)31)11-5-3-1-2-4-6-12-30-22(32)18-16-8-10-26(14-28,36-16)20(18)24(30)34/h15-16,31-34H,1-14,27-28H2. The van der Waals surface area contributed by atoms with Crippen molar-refractivity contribution in [1.29, 1.82) is 0 Å². The highest BCUT2D eigenvalue weighted by molar-refractivity contribution is 5.55.